The zero-order chi connectivity index (χ0) is 11.0. The fraction of sp³-hybridized carbons (Fsp3) is 0.538. The standard InChI is InChI=1S/C13H16BrF/c1-8(2)10-5-3-4-9-6-13(15)12(14)7-11(9)10/h6-8,10H,3-5H2,1-2H3. The number of fused-ring (bicyclic) bond motifs is 1. The molecule has 0 saturated carbocycles. The molecule has 0 radical (unpaired) electrons. The quantitative estimate of drug-likeness (QED) is 0.696. The number of halogens is 2. The van der Waals surface area contributed by atoms with E-state index in [0.29, 0.717) is 16.3 Å². The van der Waals surface area contributed by atoms with Crippen LogP contribution >= 0.6 is 15.9 Å². The van der Waals surface area contributed by atoms with Crippen molar-refractivity contribution in [1.82, 2.24) is 0 Å². The number of hydrogen-bond donors (Lipinski definition) is 0. The Morgan fingerprint density at radius 2 is 2.13 bits per heavy atom. The number of hydrogen-bond acceptors (Lipinski definition) is 0. The molecule has 1 aliphatic rings. The highest BCUT2D eigenvalue weighted by Gasteiger charge is 2.23. The van der Waals surface area contributed by atoms with Crippen molar-refractivity contribution in [3.8, 4) is 0 Å². The van der Waals surface area contributed by atoms with Crippen molar-refractivity contribution in [2.75, 3.05) is 0 Å². The first-order valence-corrected chi connectivity index (χ1v) is 6.36. The summed E-state index contributed by atoms with van der Waals surface area (Å²) in [6.45, 7) is 4.49. The van der Waals surface area contributed by atoms with E-state index in [-0.39, 0.29) is 5.82 Å². The molecule has 0 saturated heterocycles. The highest BCUT2D eigenvalue weighted by Crippen LogP contribution is 2.38. The topological polar surface area (TPSA) is 0 Å². The second kappa shape index (κ2) is 4.25. The van der Waals surface area contributed by atoms with Crippen LogP contribution in [-0.2, 0) is 6.42 Å². The predicted molar refractivity (Wildman–Crippen MR) is 64.6 cm³/mol. The summed E-state index contributed by atoms with van der Waals surface area (Å²) in [5.74, 6) is 1.12. The van der Waals surface area contributed by atoms with E-state index in [2.05, 4.69) is 29.8 Å². The summed E-state index contributed by atoms with van der Waals surface area (Å²) in [5.41, 5.74) is 2.56. The van der Waals surface area contributed by atoms with Gasteiger partial charge in [-0.1, -0.05) is 13.8 Å². The van der Waals surface area contributed by atoms with Gasteiger partial charge in [0.15, 0.2) is 0 Å². The van der Waals surface area contributed by atoms with Gasteiger partial charge < -0.3 is 0 Å². The van der Waals surface area contributed by atoms with Gasteiger partial charge in [-0.2, -0.15) is 0 Å². The molecule has 1 atom stereocenters. The molecule has 0 amide bonds. The maximum Gasteiger partial charge on any atom is 0.137 e. The minimum Gasteiger partial charge on any atom is -0.206 e. The molecule has 0 aromatic heterocycles. The minimum absolute atomic E-state index is 0.127. The zero-order valence-electron chi connectivity index (χ0n) is 9.19. The average Bonchev–Trinajstić information content (AvgIpc) is 2.18. The summed E-state index contributed by atoms with van der Waals surface area (Å²) < 4.78 is 14.0. The Bertz CT molecular complexity index is 371. The van der Waals surface area contributed by atoms with Crippen molar-refractivity contribution in [3.63, 3.8) is 0 Å². The van der Waals surface area contributed by atoms with Gasteiger partial charge in [0.1, 0.15) is 5.82 Å². The van der Waals surface area contributed by atoms with Crippen LogP contribution in [0.25, 0.3) is 0 Å². The van der Waals surface area contributed by atoms with Crippen molar-refractivity contribution in [2.24, 2.45) is 5.92 Å². The van der Waals surface area contributed by atoms with E-state index in [0.717, 1.165) is 6.42 Å². The Morgan fingerprint density at radius 1 is 1.40 bits per heavy atom. The van der Waals surface area contributed by atoms with Gasteiger partial charge in [0.25, 0.3) is 0 Å². The summed E-state index contributed by atoms with van der Waals surface area (Å²) in [4.78, 5) is 0. The molecular formula is C13H16BrF. The van der Waals surface area contributed by atoms with Crippen LogP contribution in [-0.4, -0.2) is 0 Å². The lowest BCUT2D eigenvalue weighted by molar-refractivity contribution is 0.431. The van der Waals surface area contributed by atoms with Gasteiger partial charge in [0.05, 0.1) is 4.47 Å². The van der Waals surface area contributed by atoms with Gasteiger partial charge in [-0.25, -0.2) is 4.39 Å². The van der Waals surface area contributed by atoms with Crippen LogP contribution in [0.2, 0.25) is 0 Å². The smallest absolute Gasteiger partial charge is 0.137 e. The molecule has 0 fully saturated rings. The Morgan fingerprint density at radius 3 is 2.80 bits per heavy atom. The zero-order valence-corrected chi connectivity index (χ0v) is 10.8. The van der Waals surface area contributed by atoms with Crippen LogP contribution in [0.5, 0.6) is 0 Å². The molecule has 1 aromatic rings. The highest BCUT2D eigenvalue weighted by molar-refractivity contribution is 9.10. The Hall–Kier alpha value is -0.370. The van der Waals surface area contributed by atoms with Gasteiger partial charge in [-0.3, -0.25) is 0 Å². The second-order valence-corrected chi connectivity index (χ2v) is 5.56. The summed E-state index contributed by atoms with van der Waals surface area (Å²) in [7, 11) is 0. The first kappa shape index (κ1) is 11.1. The Labute approximate surface area is 99.0 Å². The van der Waals surface area contributed by atoms with Crippen molar-refractivity contribution in [3.05, 3.63) is 33.5 Å². The molecule has 0 heterocycles. The SMILES string of the molecule is CC(C)C1CCCc2cc(F)c(Br)cc21. The molecule has 15 heavy (non-hydrogen) atoms. The Kier molecular flexibility index (Phi) is 3.15. The molecule has 2 rings (SSSR count). The molecule has 0 nitrogen and oxygen atoms in total. The van der Waals surface area contributed by atoms with Crippen LogP contribution in [0.3, 0.4) is 0 Å². The lowest BCUT2D eigenvalue weighted by Gasteiger charge is -2.28. The third-order valence-corrected chi connectivity index (χ3v) is 3.96. The van der Waals surface area contributed by atoms with E-state index in [9.17, 15) is 4.39 Å². The fourth-order valence-corrected chi connectivity index (χ4v) is 2.89. The molecule has 1 aromatic carbocycles. The third-order valence-electron chi connectivity index (χ3n) is 3.35. The van der Waals surface area contributed by atoms with Crippen LogP contribution in [0, 0.1) is 11.7 Å². The molecule has 1 unspecified atom stereocenters. The van der Waals surface area contributed by atoms with Gasteiger partial charge >= 0.3 is 0 Å². The third kappa shape index (κ3) is 2.10. The number of rotatable bonds is 1. The van der Waals surface area contributed by atoms with E-state index >= 15 is 0 Å². The monoisotopic (exact) mass is 270 g/mol. The molecule has 0 N–H and O–H groups in total. The van der Waals surface area contributed by atoms with E-state index in [1.807, 2.05) is 6.07 Å². The second-order valence-electron chi connectivity index (χ2n) is 4.71. The van der Waals surface area contributed by atoms with Gasteiger partial charge in [-0.15, -0.1) is 0 Å². The van der Waals surface area contributed by atoms with Crippen LogP contribution in [0.1, 0.15) is 43.7 Å². The van der Waals surface area contributed by atoms with Crippen molar-refractivity contribution < 1.29 is 4.39 Å². The maximum atomic E-state index is 13.4. The fourth-order valence-electron chi connectivity index (χ4n) is 2.53. The highest BCUT2D eigenvalue weighted by atomic mass is 79.9. The summed E-state index contributed by atoms with van der Waals surface area (Å²) in [6.07, 6.45) is 3.46. The lowest BCUT2D eigenvalue weighted by atomic mass is 9.77. The summed E-state index contributed by atoms with van der Waals surface area (Å²) in [5, 5.41) is 0. The molecule has 0 bridgehead atoms. The van der Waals surface area contributed by atoms with Crippen LogP contribution in [0.15, 0.2) is 16.6 Å². The molecule has 82 valence electrons. The largest absolute Gasteiger partial charge is 0.206 e. The predicted octanol–water partition coefficient (Wildman–Crippen LogP) is 4.66. The van der Waals surface area contributed by atoms with E-state index in [4.69, 9.17) is 0 Å². The molecule has 0 spiro atoms. The van der Waals surface area contributed by atoms with Crippen molar-refractivity contribution in [2.45, 2.75) is 39.0 Å². The number of benzene rings is 1. The first-order chi connectivity index (χ1) is 7.09. The molecule has 1 aliphatic carbocycles. The average molecular weight is 271 g/mol. The van der Waals surface area contributed by atoms with Crippen molar-refractivity contribution >= 4 is 15.9 Å². The van der Waals surface area contributed by atoms with Gasteiger partial charge in [0, 0.05) is 0 Å². The van der Waals surface area contributed by atoms with Gasteiger partial charge in [-0.05, 0) is 70.3 Å². The van der Waals surface area contributed by atoms with E-state index in [1.165, 1.54) is 24.0 Å². The van der Waals surface area contributed by atoms with Crippen molar-refractivity contribution in [1.29, 1.82) is 0 Å². The van der Waals surface area contributed by atoms with Crippen LogP contribution < -0.4 is 0 Å². The summed E-state index contributed by atoms with van der Waals surface area (Å²) >= 11 is 3.28. The normalized spacial score (nSPS) is 20.5. The Balaban J connectivity index is 2.47. The summed E-state index contributed by atoms with van der Waals surface area (Å²) in [6, 6.07) is 3.68. The van der Waals surface area contributed by atoms with Crippen LogP contribution in [0.4, 0.5) is 4.39 Å². The number of aryl methyl sites for hydroxylation is 1. The maximum absolute atomic E-state index is 13.4. The molecular weight excluding hydrogens is 255 g/mol. The van der Waals surface area contributed by atoms with Gasteiger partial charge in [0.2, 0.25) is 0 Å². The lowest BCUT2D eigenvalue weighted by Crippen LogP contribution is -2.15. The first-order valence-electron chi connectivity index (χ1n) is 5.57. The van der Waals surface area contributed by atoms with E-state index in [1.54, 1.807) is 6.07 Å². The molecule has 2 heteroatoms. The van der Waals surface area contributed by atoms with E-state index < -0.39 is 0 Å². The minimum atomic E-state index is -0.127. The molecule has 0 aliphatic heterocycles.